The van der Waals surface area contributed by atoms with E-state index in [1.165, 1.54) is 4.90 Å². The molecule has 2 aromatic rings. The smallest absolute Gasteiger partial charge is 0.261 e. The van der Waals surface area contributed by atoms with Crippen molar-refractivity contribution in [3.05, 3.63) is 47.5 Å². The molecule has 1 aliphatic rings. The maximum absolute atomic E-state index is 12.8. The Morgan fingerprint density at radius 1 is 1.00 bits per heavy atom. The van der Waals surface area contributed by atoms with Gasteiger partial charge in [0.25, 0.3) is 11.8 Å². The topological polar surface area (TPSA) is 66.5 Å². The molecule has 0 aliphatic carbocycles. The molecule has 0 unspecified atom stereocenters. The standard InChI is InChI=1S/C21H24N2O3/c1-3-15(4-2)22-18(24)12-7-13-23-20(25)16-10-5-8-14-9-6-11-17(19(14)16)21(23)26/h5-6,8-11,15H,3-4,7,12-13H2,1-2H3,(H,22,24). The van der Waals surface area contributed by atoms with Crippen molar-refractivity contribution in [1.82, 2.24) is 10.2 Å². The molecule has 0 saturated carbocycles. The summed E-state index contributed by atoms with van der Waals surface area (Å²) < 4.78 is 0. The summed E-state index contributed by atoms with van der Waals surface area (Å²) in [5.74, 6) is -0.586. The Labute approximate surface area is 153 Å². The minimum absolute atomic E-state index is 0.0295. The zero-order valence-electron chi connectivity index (χ0n) is 15.2. The molecule has 26 heavy (non-hydrogen) atoms. The summed E-state index contributed by atoms with van der Waals surface area (Å²) in [4.78, 5) is 38.8. The van der Waals surface area contributed by atoms with Gasteiger partial charge in [0.05, 0.1) is 0 Å². The molecule has 3 amide bonds. The second kappa shape index (κ2) is 7.68. The first kappa shape index (κ1) is 18.1. The number of rotatable bonds is 7. The van der Waals surface area contributed by atoms with Gasteiger partial charge in [-0.1, -0.05) is 38.1 Å². The predicted molar refractivity (Wildman–Crippen MR) is 101 cm³/mol. The van der Waals surface area contributed by atoms with Crippen LogP contribution in [0, 0.1) is 0 Å². The van der Waals surface area contributed by atoms with Crippen LogP contribution in [0.15, 0.2) is 36.4 Å². The van der Waals surface area contributed by atoms with E-state index in [0.29, 0.717) is 24.0 Å². The molecule has 0 fully saturated rings. The van der Waals surface area contributed by atoms with Crippen molar-refractivity contribution in [3.63, 3.8) is 0 Å². The molecule has 1 aliphatic heterocycles. The van der Waals surface area contributed by atoms with Crippen molar-refractivity contribution < 1.29 is 14.4 Å². The number of amides is 3. The van der Waals surface area contributed by atoms with Crippen molar-refractivity contribution in [3.8, 4) is 0 Å². The Balaban J connectivity index is 1.70. The fourth-order valence-electron chi connectivity index (χ4n) is 3.47. The summed E-state index contributed by atoms with van der Waals surface area (Å²) in [5.41, 5.74) is 1.11. The molecule has 5 heteroatoms. The van der Waals surface area contributed by atoms with Crippen LogP contribution in [0.2, 0.25) is 0 Å². The van der Waals surface area contributed by atoms with E-state index >= 15 is 0 Å². The SMILES string of the molecule is CCC(CC)NC(=O)CCCN1C(=O)c2cccc3cccc(c23)C1=O. The van der Waals surface area contributed by atoms with E-state index in [4.69, 9.17) is 0 Å². The van der Waals surface area contributed by atoms with E-state index in [0.717, 1.165) is 23.6 Å². The molecular formula is C21H24N2O3. The van der Waals surface area contributed by atoms with Crippen LogP contribution in [0.1, 0.15) is 60.2 Å². The quantitative estimate of drug-likeness (QED) is 0.775. The third-order valence-corrected chi connectivity index (χ3v) is 4.99. The summed E-state index contributed by atoms with van der Waals surface area (Å²) >= 11 is 0. The number of carbonyl (C=O) groups is 3. The average Bonchev–Trinajstić information content (AvgIpc) is 2.66. The number of benzene rings is 2. The summed E-state index contributed by atoms with van der Waals surface area (Å²) in [7, 11) is 0. The van der Waals surface area contributed by atoms with Gasteiger partial charge in [0.1, 0.15) is 0 Å². The van der Waals surface area contributed by atoms with Crippen LogP contribution in [0.25, 0.3) is 10.8 Å². The van der Waals surface area contributed by atoms with Gasteiger partial charge in [0.2, 0.25) is 5.91 Å². The van der Waals surface area contributed by atoms with Crippen LogP contribution in [0.4, 0.5) is 0 Å². The first-order valence-electron chi connectivity index (χ1n) is 9.24. The number of nitrogens with one attached hydrogen (secondary N) is 1. The van der Waals surface area contributed by atoms with E-state index < -0.39 is 0 Å². The summed E-state index contributed by atoms with van der Waals surface area (Å²) in [6, 6.07) is 11.2. The maximum atomic E-state index is 12.8. The van der Waals surface area contributed by atoms with Crippen LogP contribution >= 0.6 is 0 Å². The lowest BCUT2D eigenvalue weighted by molar-refractivity contribution is -0.122. The molecule has 0 bridgehead atoms. The molecule has 0 spiro atoms. The van der Waals surface area contributed by atoms with Gasteiger partial charge in [0.15, 0.2) is 0 Å². The molecule has 1 N–H and O–H groups in total. The summed E-state index contributed by atoms with van der Waals surface area (Å²) in [6.45, 7) is 4.33. The Kier molecular flexibility index (Phi) is 5.35. The van der Waals surface area contributed by atoms with E-state index in [1.54, 1.807) is 12.1 Å². The lowest BCUT2D eigenvalue weighted by Crippen LogP contribution is -2.41. The average molecular weight is 352 g/mol. The highest BCUT2D eigenvalue weighted by Crippen LogP contribution is 2.29. The fourth-order valence-corrected chi connectivity index (χ4v) is 3.47. The van der Waals surface area contributed by atoms with Crippen molar-refractivity contribution in [2.24, 2.45) is 0 Å². The summed E-state index contributed by atoms with van der Waals surface area (Å²) in [5, 5.41) is 4.60. The zero-order chi connectivity index (χ0) is 18.7. The molecule has 0 aromatic heterocycles. The molecule has 3 rings (SSSR count). The van der Waals surface area contributed by atoms with Crippen molar-refractivity contribution >= 4 is 28.5 Å². The lowest BCUT2D eigenvalue weighted by Gasteiger charge is -2.27. The molecular weight excluding hydrogens is 328 g/mol. The van der Waals surface area contributed by atoms with Gasteiger partial charge in [0, 0.05) is 35.5 Å². The van der Waals surface area contributed by atoms with Crippen LogP contribution in [-0.2, 0) is 4.79 Å². The Morgan fingerprint density at radius 3 is 2.12 bits per heavy atom. The first-order chi connectivity index (χ1) is 12.6. The van der Waals surface area contributed by atoms with E-state index in [9.17, 15) is 14.4 Å². The van der Waals surface area contributed by atoms with Crippen molar-refractivity contribution in [2.75, 3.05) is 6.54 Å². The highest BCUT2D eigenvalue weighted by molar-refractivity contribution is 6.25. The van der Waals surface area contributed by atoms with Crippen LogP contribution < -0.4 is 5.32 Å². The van der Waals surface area contributed by atoms with Gasteiger partial charge in [-0.25, -0.2) is 0 Å². The highest BCUT2D eigenvalue weighted by Gasteiger charge is 2.32. The van der Waals surface area contributed by atoms with Crippen LogP contribution in [0.3, 0.4) is 0 Å². The van der Waals surface area contributed by atoms with Gasteiger partial charge in [-0.3, -0.25) is 19.3 Å². The number of carbonyl (C=O) groups excluding carboxylic acids is 3. The maximum Gasteiger partial charge on any atom is 0.261 e. The zero-order valence-corrected chi connectivity index (χ0v) is 15.2. The van der Waals surface area contributed by atoms with Crippen LogP contribution in [-0.4, -0.2) is 35.2 Å². The second-order valence-corrected chi connectivity index (χ2v) is 6.66. The molecule has 0 radical (unpaired) electrons. The Bertz CT molecular complexity index is 805. The number of imide groups is 1. The fraction of sp³-hybridized carbons (Fsp3) is 0.381. The lowest BCUT2D eigenvalue weighted by atomic mass is 9.94. The normalized spacial score (nSPS) is 13.6. The number of hydrogen-bond acceptors (Lipinski definition) is 3. The molecule has 1 heterocycles. The Morgan fingerprint density at radius 2 is 1.58 bits per heavy atom. The minimum Gasteiger partial charge on any atom is -0.353 e. The van der Waals surface area contributed by atoms with Gasteiger partial charge in [-0.05, 0) is 36.8 Å². The van der Waals surface area contributed by atoms with E-state index in [1.807, 2.05) is 38.1 Å². The molecule has 136 valence electrons. The third-order valence-electron chi connectivity index (χ3n) is 4.99. The van der Waals surface area contributed by atoms with E-state index in [-0.39, 0.29) is 30.3 Å². The predicted octanol–water partition coefficient (Wildman–Crippen LogP) is 3.52. The van der Waals surface area contributed by atoms with Gasteiger partial charge in [-0.2, -0.15) is 0 Å². The first-order valence-corrected chi connectivity index (χ1v) is 9.24. The Hall–Kier alpha value is -2.69. The van der Waals surface area contributed by atoms with Gasteiger partial charge < -0.3 is 5.32 Å². The van der Waals surface area contributed by atoms with Crippen LogP contribution in [0.5, 0.6) is 0 Å². The van der Waals surface area contributed by atoms with E-state index in [2.05, 4.69) is 5.32 Å². The van der Waals surface area contributed by atoms with Crippen molar-refractivity contribution in [1.29, 1.82) is 0 Å². The molecule has 5 nitrogen and oxygen atoms in total. The van der Waals surface area contributed by atoms with Gasteiger partial charge >= 0.3 is 0 Å². The number of hydrogen-bond donors (Lipinski definition) is 1. The molecule has 0 saturated heterocycles. The largest absolute Gasteiger partial charge is 0.353 e. The summed E-state index contributed by atoms with van der Waals surface area (Å²) in [6.07, 6.45) is 2.55. The second-order valence-electron chi connectivity index (χ2n) is 6.66. The third kappa shape index (κ3) is 3.34. The van der Waals surface area contributed by atoms with Crippen molar-refractivity contribution in [2.45, 2.75) is 45.6 Å². The highest BCUT2D eigenvalue weighted by atomic mass is 16.2. The van der Waals surface area contributed by atoms with Gasteiger partial charge in [-0.15, -0.1) is 0 Å². The molecule has 0 atom stereocenters. The monoisotopic (exact) mass is 352 g/mol. The molecule has 2 aromatic carbocycles. The number of nitrogens with zero attached hydrogens (tertiary/aromatic N) is 1. The minimum atomic E-state index is -0.278.